The van der Waals surface area contributed by atoms with Crippen LogP contribution >= 0.6 is 0 Å². The Morgan fingerprint density at radius 3 is 2.31 bits per heavy atom. The van der Waals surface area contributed by atoms with Crippen molar-refractivity contribution in [3.05, 3.63) is 11.6 Å². The van der Waals surface area contributed by atoms with Gasteiger partial charge in [0.15, 0.2) is 0 Å². The fraction of sp³-hybridized carbons (Fsp3) is 0.786. The average molecular weight is 225 g/mol. The van der Waals surface area contributed by atoms with Gasteiger partial charge in [-0.25, -0.2) is 0 Å². The van der Waals surface area contributed by atoms with E-state index >= 15 is 0 Å². The standard InChI is InChI=1S/C14H26O2/c1-4-6-7-8-9-10-13(5-2)11-12(3)14(15)16/h11,13H,4-10H2,1-3H3,(H,15,16)/p-1/b12-11+. The highest BCUT2D eigenvalue weighted by Gasteiger charge is 2.03. The van der Waals surface area contributed by atoms with E-state index in [0.717, 1.165) is 12.8 Å². The molecule has 0 aromatic rings. The Morgan fingerprint density at radius 2 is 1.81 bits per heavy atom. The first-order chi connectivity index (χ1) is 7.61. The third kappa shape index (κ3) is 7.49. The minimum Gasteiger partial charge on any atom is -0.545 e. The maximum absolute atomic E-state index is 10.6. The van der Waals surface area contributed by atoms with Crippen molar-refractivity contribution in [3.63, 3.8) is 0 Å². The Kier molecular flexibility index (Phi) is 8.97. The van der Waals surface area contributed by atoms with E-state index in [0.29, 0.717) is 11.5 Å². The Bertz CT molecular complexity index is 219. The van der Waals surface area contributed by atoms with Crippen molar-refractivity contribution in [2.24, 2.45) is 5.92 Å². The fourth-order valence-corrected chi connectivity index (χ4v) is 1.84. The maximum Gasteiger partial charge on any atom is 0.0668 e. The van der Waals surface area contributed by atoms with Crippen LogP contribution in [0.15, 0.2) is 11.6 Å². The molecule has 0 aromatic heterocycles. The van der Waals surface area contributed by atoms with Gasteiger partial charge in [0.2, 0.25) is 0 Å². The summed E-state index contributed by atoms with van der Waals surface area (Å²) in [4.78, 5) is 10.6. The molecule has 1 atom stereocenters. The Balaban J connectivity index is 3.83. The van der Waals surface area contributed by atoms with Crippen LogP contribution in [0.2, 0.25) is 0 Å². The lowest BCUT2D eigenvalue weighted by molar-refractivity contribution is -0.299. The second-order valence-corrected chi connectivity index (χ2v) is 4.51. The maximum atomic E-state index is 10.6. The molecule has 0 radical (unpaired) electrons. The number of hydrogen-bond donors (Lipinski definition) is 0. The van der Waals surface area contributed by atoms with Crippen LogP contribution in [0.3, 0.4) is 0 Å². The molecule has 0 N–H and O–H groups in total. The lowest BCUT2D eigenvalue weighted by Gasteiger charge is -2.12. The van der Waals surface area contributed by atoms with Gasteiger partial charge in [-0.15, -0.1) is 0 Å². The smallest absolute Gasteiger partial charge is 0.0668 e. The molecule has 2 nitrogen and oxygen atoms in total. The molecule has 16 heavy (non-hydrogen) atoms. The number of unbranched alkanes of at least 4 members (excludes halogenated alkanes) is 4. The normalized spacial score (nSPS) is 13.8. The van der Waals surface area contributed by atoms with Gasteiger partial charge in [-0.05, 0) is 31.3 Å². The van der Waals surface area contributed by atoms with Gasteiger partial charge >= 0.3 is 0 Å². The Morgan fingerprint density at radius 1 is 1.19 bits per heavy atom. The highest BCUT2D eigenvalue weighted by molar-refractivity contribution is 5.83. The first kappa shape index (κ1) is 15.2. The zero-order chi connectivity index (χ0) is 12.4. The summed E-state index contributed by atoms with van der Waals surface area (Å²) in [5, 5.41) is 10.6. The summed E-state index contributed by atoms with van der Waals surface area (Å²) in [6.07, 6.45) is 10.3. The molecule has 1 unspecified atom stereocenters. The SMILES string of the molecule is CCCCCCCC(/C=C(\C)C(=O)[O-])CC. The number of carbonyl (C=O) groups is 1. The highest BCUT2D eigenvalue weighted by atomic mass is 16.4. The van der Waals surface area contributed by atoms with Crippen LogP contribution in [0.1, 0.15) is 65.7 Å². The van der Waals surface area contributed by atoms with Crippen LogP contribution in [0, 0.1) is 5.92 Å². The van der Waals surface area contributed by atoms with E-state index in [1.54, 1.807) is 6.92 Å². The van der Waals surface area contributed by atoms with Crippen molar-refractivity contribution in [2.45, 2.75) is 65.7 Å². The van der Waals surface area contributed by atoms with Gasteiger partial charge in [-0.1, -0.05) is 52.0 Å². The summed E-state index contributed by atoms with van der Waals surface area (Å²) in [5.41, 5.74) is 0.375. The molecule has 0 aliphatic heterocycles. The van der Waals surface area contributed by atoms with Gasteiger partial charge in [0.05, 0.1) is 5.97 Å². The Labute approximate surface area is 99.7 Å². The first-order valence-electron chi connectivity index (χ1n) is 6.51. The summed E-state index contributed by atoms with van der Waals surface area (Å²) in [5.74, 6) is -0.635. The predicted molar refractivity (Wildman–Crippen MR) is 65.9 cm³/mol. The lowest BCUT2D eigenvalue weighted by atomic mass is 9.96. The molecule has 0 bridgehead atoms. The summed E-state index contributed by atoms with van der Waals surface area (Å²) in [7, 11) is 0. The van der Waals surface area contributed by atoms with Crippen molar-refractivity contribution >= 4 is 5.97 Å². The number of carboxylic acid groups (broad SMARTS) is 1. The van der Waals surface area contributed by atoms with Crippen molar-refractivity contribution in [1.29, 1.82) is 0 Å². The highest BCUT2D eigenvalue weighted by Crippen LogP contribution is 2.17. The molecule has 0 aromatic carbocycles. The van der Waals surface area contributed by atoms with E-state index in [9.17, 15) is 9.90 Å². The monoisotopic (exact) mass is 225 g/mol. The molecular weight excluding hydrogens is 200 g/mol. The van der Waals surface area contributed by atoms with Gasteiger partial charge < -0.3 is 9.90 Å². The number of carbonyl (C=O) groups excluding carboxylic acids is 1. The quantitative estimate of drug-likeness (QED) is 0.447. The molecule has 0 aliphatic carbocycles. The fourth-order valence-electron chi connectivity index (χ4n) is 1.84. The van der Waals surface area contributed by atoms with Crippen LogP contribution in [0.4, 0.5) is 0 Å². The van der Waals surface area contributed by atoms with Crippen molar-refractivity contribution in [3.8, 4) is 0 Å². The van der Waals surface area contributed by atoms with Crippen molar-refractivity contribution < 1.29 is 9.90 Å². The van der Waals surface area contributed by atoms with Crippen LogP contribution in [0.5, 0.6) is 0 Å². The zero-order valence-electron chi connectivity index (χ0n) is 10.9. The topological polar surface area (TPSA) is 40.1 Å². The van der Waals surface area contributed by atoms with E-state index in [1.807, 2.05) is 6.08 Å². The number of allylic oxidation sites excluding steroid dienone is 1. The van der Waals surface area contributed by atoms with E-state index in [-0.39, 0.29) is 0 Å². The van der Waals surface area contributed by atoms with Gasteiger partial charge in [0.25, 0.3) is 0 Å². The molecular formula is C14H25O2-. The molecule has 0 spiro atoms. The third-order valence-electron chi connectivity index (χ3n) is 3.01. The molecule has 0 rings (SSSR count). The molecule has 0 aliphatic rings. The molecule has 0 heterocycles. The molecule has 0 saturated carbocycles. The van der Waals surface area contributed by atoms with E-state index in [4.69, 9.17) is 0 Å². The van der Waals surface area contributed by atoms with Crippen molar-refractivity contribution in [1.82, 2.24) is 0 Å². The molecule has 0 fully saturated rings. The van der Waals surface area contributed by atoms with Crippen LogP contribution < -0.4 is 5.11 Å². The number of aliphatic carboxylic acids is 1. The summed E-state index contributed by atoms with van der Waals surface area (Å²) >= 11 is 0. The van der Waals surface area contributed by atoms with Gasteiger partial charge in [-0.2, -0.15) is 0 Å². The van der Waals surface area contributed by atoms with Gasteiger partial charge in [-0.3, -0.25) is 0 Å². The Hall–Kier alpha value is -0.790. The average Bonchev–Trinajstić information content (AvgIpc) is 2.26. The largest absolute Gasteiger partial charge is 0.545 e. The lowest BCUT2D eigenvalue weighted by Crippen LogP contribution is -2.23. The summed E-state index contributed by atoms with van der Waals surface area (Å²) in [6, 6.07) is 0. The second-order valence-electron chi connectivity index (χ2n) is 4.51. The van der Waals surface area contributed by atoms with E-state index in [2.05, 4.69) is 13.8 Å². The van der Waals surface area contributed by atoms with Crippen LogP contribution in [-0.2, 0) is 4.79 Å². The summed E-state index contributed by atoms with van der Waals surface area (Å²) < 4.78 is 0. The molecule has 2 heteroatoms. The number of rotatable bonds is 9. The predicted octanol–water partition coefficient (Wildman–Crippen LogP) is 3.07. The number of hydrogen-bond acceptors (Lipinski definition) is 2. The molecule has 94 valence electrons. The minimum absolute atomic E-state index is 0.375. The third-order valence-corrected chi connectivity index (χ3v) is 3.01. The van der Waals surface area contributed by atoms with Gasteiger partial charge in [0, 0.05) is 0 Å². The summed E-state index contributed by atoms with van der Waals surface area (Å²) in [6.45, 7) is 5.94. The van der Waals surface area contributed by atoms with Gasteiger partial charge in [0.1, 0.15) is 0 Å². The number of carboxylic acids is 1. The molecule has 0 amide bonds. The first-order valence-corrected chi connectivity index (χ1v) is 6.51. The molecule has 0 saturated heterocycles. The zero-order valence-corrected chi connectivity index (χ0v) is 10.9. The second kappa shape index (κ2) is 9.44. The van der Waals surface area contributed by atoms with Crippen LogP contribution in [0.25, 0.3) is 0 Å². The van der Waals surface area contributed by atoms with E-state index in [1.165, 1.54) is 32.1 Å². The van der Waals surface area contributed by atoms with Crippen molar-refractivity contribution in [2.75, 3.05) is 0 Å². The minimum atomic E-state index is -1.04. The van der Waals surface area contributed by atoms with Crippen LogP contribution in [-0.4, -0.2) is 5.97 Å². The van der Waals surface area contributed by atoms with E-state index < -0.39 is 5.97 Å².